The van der Waals surface area contributed by atoms with Crippen molar-refractivity contribution in [1.29, 1.82) is 0 Å². The molecule has 44 heavy (non-hydrogen) atoms. The Morgan fingerprint density at radius 1 is 0.955 bits per heavy atom. The first-order valence-corrected chi connectivity index (χ1v) is 17.1. The zero-order chi connectivity index (χ0) is 30.6. The second-order valence-corrected chi connectivity index (χ2v) is 13.3. The number of para-hydroxylation sites is 2. The van der Waals surface area contributed by atoms with Crippen molar-refractivity contribution in [2.75, 3.05) is 23.0 Å². The Balaban J connectivity index is 0.00000442. The van der Waals surface area contributed by atoms with Crippen LogP contribution in [0.15, 0.2) is 94.7 Å². The van der Waals surface area contributed by atoms with Gasteiger partial charge in [0.15, 0.2) is 12.3 Å². The Bertz CT molecular complexity index is 1900. The van der Waals surface area contributed by atoms with E-state index in [2.05, 4.69) is 0 Å². The molecule has 0 spiro atoms. The molecule has 0 saturated heterocycles. The first-order chi connectivity index (χ1) is 20.5. The third-order valence-corrected chi connectivity index (χ3v) is 8.65. The number of oxazole rings is 1. The number of ether oxygens (including phenoxy) is 1. The molecule has 1 aromatic heterocycles. The molecule has 0 amide bonds. The summed E-state index contributed by atoms with van der Waals surface area (Å²) in [5, 5.41) is 0. The summed E-state index contributed by atoms with van der Waals surface area (Å²) in [6.45, 7) is 2.52. The van der Waals surface area contributed by atoms with Gasteiger partial charge >= 0.3 is 24.8 Å². The third kappa shape index (κ3) is 8.41. The van der Waals surface area contributed by atoms with Crippen LogP contribution in [0.3, 0.4) is 0 Å². The van der Waals surface area contributed by atoms with Gasteiger partial charge in [-0.05, 0) is 47.7 Å². The molecule has 2 heterocycles. The quantitative estimate of drug-likeness (QED) is 0.141. The van der Waals surface area contributed by atoms with Crippen molar-refractivity contribution in [3.63, 3.8) is 0 Å². The second-order valence-electron chi connectivity index (χ2n) is 10.2. The normalized spacial score (nSPS) is 14.5. The molecule has 0 fully saturated rings. The van der Waals surface area contributed by atoms with E-state index in [-0.39, 0.29) is 44.0 Å². The molecular weight excluding hydrogens is 599 g/mol. The molecule has 4 aromatic rings. The summed E-state index contributed by atoms with van der Waals surface area (Å²) in [4.78, 5) is 1.87. The van der Waals surface area contributed by atoms with Crippen molar-refractivity contribution in [2.45, 2.75) is 32.7 Å². The van der Waals surface area contributed by atoms with Crippen molar-refractivity contribution in [2.24, 2.45) is 0 Å². The number of anilines is 1. The Morgan fingerprint density at radius 3 is 2.39 bits per heavy atom. The summed E-state index contributed by atoms with van der Waals surface area (Å²) < 4.78 is 80.1. The first-order valence-electron chi connectivity index (χ1n) is 13.9. The molecule has 0 unspecified atom stereocenters. The maximum atomic E-state index is 11.3. The number of fused-ring (bicyclic) bond motifs is 2. The minimum absolute atomic E-state index is 0. The topological polar surface area (TPSA) is 141 Å². The van der Waals surface area contributed by atoms with Gasteiger partial charge in [0.05, 0.1) is 27.6 Å². The van der Waals surface area contributed by atoms with E-state index in [9.17, 15) is 25.9 Å². The summed E-state index contributed by atoms with van der Waals surface area (Å²) in [6, 6.07) is 23.1. The number of aryl methyl sites for hydroxylation is 1. The molecule has 3 aromatic carbocycles. The molecule has 10 nitrogen and oxygen atoms in total. The molecule has 1 aliphatic heterocycles. The number of rotatable bonds is 12. The predicted molar refractivity (Wildman–Crippen MR) is 163 cm³/mol. The van der Waals surface area contributed by atoms with Gasteiger partial charge in [-0.25, -0.2) is 8.42 Å². The average Bonchev–Trinajstić information content (AvgIpc) is 3.48. The van der Waals surface area contributed by atoms with Crippen molar-refractivity contribution in [3.8, 4) is 16.9 Å². The van der Waals surface area contributed by atoms with Crippen LogP contribution in [0, 0.1) is 0 Å². The Morgan fingerprint density at radius 2 is 1.68 bits per heavy atom. The van der Waals surface area contributed by atoms with Crippen LogP contribution in [0.1, 0.15) is 32.1 Å². The van der Waals surface area contributed by atoms with Crippen LogP contribution in [0.25, 0.3) is 28.3 Å². The van der Waals surface area contributed by atoms with E-state index in [4.69, 9.17) is 9.15 Å². The standard InChI is InChI=1S/C31H32N2O8S2.Li/c1-2-23(20-30-32(16-8-18-42(34,35)36)26-12-6-7-13-28(26)40-30)21-31-33(17-9-19-43(37,38)39)27-22-25(14-15-29(27)41-31)24-10-4-3-5-11-24;/h3-7,10-15,20-22H,2,8-9,16-19H2,1H3,(H-,34,35,36,37,38,39);/q;+1. The van der Waals surface area contributed by atoms with Gasteiger partial charge in [-0.15, -0.1) is 0 Å². The summed E-state index contributed by atoms with van der Waals surface area (Å²) in [6.07, 6.45) is 4.59. The van der Waals surface area contributed by atoms with Gasteiger partial charge in [0.2, 0.25) is 11.5 Å². The smallest absolute Gasteiger partial charge is 0.748 e. The Kier molecular flexibility index (Phi) is 10.8. The minimum atomic E-state index is -4.38. The molecule has 1 N–H and O–H groups in total. The van der Waals surface area contributed by atoms with E-state index in [0.29, 0.717) is 36.1 Å². The summed E-state index contributed by atoms with van der Waals surface area (Å²) >= 11 is 0. The molecule has 5 rings (SSSR count). The molecule has 0 bridgehead atoms. The van der Waals surface area contributed by atoms with Crippen LogP contribution in [0.5, 0.6) is 5.75 Å². The number of aromatic nitrogens is 1. The van der Waals surface area contributed by atoms with Gasteiger partial charge in [0.1, 0.15) is 0 Å². The summed E-state index contributed by atoms with van der Waals surface area (Å²) in [5.74, 6) is 0.708. The van der Waals surface area contributed by atoms with Crippen LogP contribution in [-0.4, -0.2) is 44.0 Å². The summed E-state index contributed by atoms with van der Waals surface area (Å²) in [7, 11) is -8.49. The van der Waals surface area contributed by atoms with Crippen LogP contribution >= 0.6 is 0 Å². The van der Waals surface area contributed by atoms with E-state index in [1.54, 1.807) is 0 Å². The molecule has 0 aliphatic carbocycles. The van der Waals surface area contributed by atoms with Crippen LogP contribution < -0.4 is 33.1 Å². The SMILES string of the molecule is CCC(=Cc1oc2ccccc2[n+]1CCCS(=O)(=O)O)C=C1Oc2ccc(-c3ccccc3)cc2N1CCCS(=O)(=O)[O-].[Li+]. The van der Waals surface area contributed by atoms with Gasteiger partial charge in [-0.1, -0.05) is 55.5 Å². The average molecular weight is 632 g/mol. The van der Waals surface area contributed by atoms with Crippen LogP contribution in [-0.2, 0) is 26.8 Å². The first kappa shape index (κ1) is 33.5. The van der Waals surface area contributed by atoms with Gasteiger partial charge in [0, 0.05) is 30.9 Å². The predicted octanol–water partition coefficient (Wildman–Crippen LogP) is 2.14. The number of hydrogen-bond acceptors (Lipinski definition) is 8. The number of allylic oxidation sites excluding steroid dienone is 2. The molecule has 226 valence electrons. The molecule has 13 heteroatoms. The Labute approximate surface area is 269 Å². The zero-order valence-electron chi connectivity index (χ0n) is 24.5. The molecule has 0 saturated carbocycles. The largest absolute Gasteiger partial charge is 1.00 e. The number of nitrogens with zero attached hydrogens (tertiary/aromatic N) is 2. The fourth-order valence-electron chi connectivity index (χ4n) is 5.01. The van der Waals surface area contributed by atoms with Crippen LogP contribution in [0.2, 0.25) is 0 Å². The van der Waals surface area contributed by atoms with Crippen molar-refractivity contribution in [1.82, 2.24) is 0 Å². The molecular formula is C31H32LiN2O8S2+. The van der Waals surface area contributed by atoms with Crippen molar-refractivity contribution >= 4 is 43.1 Å². The maximum absolute atomic E-state index is 11.3. The van der Waals surface area contributed by atoms with Crippen molar-refractivity contribution < 1.29 is 58.5 Å². The van der Waals surface area contributed by atoms with E-state index >= 15 is 0 Å². The second kappa shape index (κ2) is 14.2. The maximum Gasteiger partial charge on any atom is 1.00 e. The van der Waals surface area contributed by atoms with Gasteiger partial charge in [-0.3, -0.25) is 4.55 Å². The van der Waals surface area contributed by atoms with Gasteiger partial charge in [0.25, 0.3) is 15.6 Å². The van der Waals surface area contributed by atoms with E-state index in [0.717, 1.165) is 27.9 Å². The fourth-order valence-corrected chi connectivity index (χ4v) is 5.98. The van der Waals surface area contributed by atoms with E-state index < -0.39 is 26.0 Å². The van der Waals surface area contributed by atoms with Gasteiger partial charge in [-0.2, -0.15) is 13.0 Å². The number of benzene rings is 3. The molecule has 0 atom stereocenters. The monoisotopic (exact) mass is 631 g/mol. The summed E-state index contributed by atoms with van der Waals surface area (Å²) in [5.41, 5.74) is 4.98. The Hall–Kier alpha value is -3.37. The fraction of sp³-hybridized carbons (Fsp3) is 0.258. The third-order valence-electron chi connectivity index (χ3n) is 7.06. The van der Waals surface area contributed by atoms with Crippen molar-refractivity contribution in [3.05, 3.63) is 96.2 Å². The van der Waals surface area contributed by atoms with Crippen LogP contribution in [0.4, 0.5) is 5.69 Å². The number of hydrogen-bond donors (Lipinski definition) is 1. The van der Waals surface area contributed by atoms with E-state index in [1.165, 1.54) is 0 Å². The van der Waals surface area contributed by atoms with Gasteiger partial charge < -0.3 is 18.6 Å². The zero-order valence-corrected chi connectivity index (χ0v) is 26.2. The molecule has 0 radical (unpaired) electrons. The molecule has 1 aliphatic rings. The minimum Gasteiger partial charge on any atom is -0.748 e. The van der Waals surface area contributed by atoms with E-state index in [1.807, 2.05) is 101 Å².